The van der Waals surface area contributed by atoms with Gasteiger partial charge in [0.15, 0.2) is 0 Å². The normalized spacial score (nSPS) is 13.4. The summed E-state index contributed by atoms with van der Waals surface area (Å²) < 4.78 is 65.6. The molecule has 0 fully saturated rings. The van der Waals surface area contributed by atoms with Gasteiger partial charge in [-0.3, -0.25) is 0 Å². The van der Waals surface area contributed by atoms with Gasteiger partial charge in [0.05, 0.1) is 11.2 Å². The molecule has 0 spiro atoms. The largest absolute Gasteiger partial charge is 0.419 e. The summed E-state index contributed by atoms with van der Waals surface area (Å²) in [6.07, 6.45) is -7.65. The fraction of sp³-hybridized carbons (Fsp3) is 0.333. The summed E-state index contributed by atoms with van der Waals surface area (Å²) in [6, 6.07) is 5.38. The van der Waals surface area contributed by atoms with E-state index in [0.29, 0.717) is 11.6 Å². The molecule has 1 atom stereocenters. The van der Waals surface area contributed by atoms with Crippen molar-refractivity contribution in [2.45, 2.75) is 18.7 Å². The highest BCUT2D eigenvalue weighted by atomic mass is 31.1. The first-order valence-corrected chi connectivity index (χ1v) is 10.7. The smallest absolute Gasteiger partial charge is 0.385 e. The maximum atomic E-state index is 13.6. The lowest BCUT2D eigenvalue weighted by atomic mass is 10.1. The molecule has 3 rings (SSSR count). The maximum Gasteiger partial charge on any atom is 0.419 e. The number of fused-ring (bicyclic) bond motifs is 1. The van der Waals surface area contributed by atoms with Crippen LogP contribution in [0, 0.1) is 0 Å². The number of aromatic amines is 1. The summed E-state index contributed by atoms with van der Waals surface area (Å²) in [6.45, 7) is 3.47. The molecule has 0 aliphatic heterocycles. The molecule has 2 aromatic heterocycles. The van der Waals surface area contributed by atoms with Crippen LogP contribution in [0.2, 0.25) is 0 Å². The Labute approximate surface area is 164 Å². The number of aliphatic hydroxyl groups excluding tert-OH is 1. The molecule has 3 N–H and O–H groups in total. The SMILES string of the molecule is CP(C)c1cccc2c(-c3nc(NCC(O)C(F)F)ncc3C(F)(F)F)c[nH]c12. The predicted molar refractivity (Wildman–Crippen MR) is 103 cm³/mol. The Bertz CT molecular complexity index is 1010. The zero-order chi connectivity index (χ0) is 21.3. The van der Waals surface area contributed by atoms with E-state index in [4.69, 9.17) is 0 Å². The van der Waals surface area contributed by atoms with E-state index in [2.05, 4.69) is 20.3 Å². The van der Waals surface area contributed by atoms with Crippen molar-refractivity contribution in [1.82, 2.24) is 15.0 Å². The Morgan fingerprint density at radius 3 is 2.59 bits per heavy atom. The van der Waals surface area contributed by atoms with Crippen molar-refractivity contribution in [3.8, 4) is 11.3 Å². The van der Waals surface area contributed by atoms with Crippen LogP contribution in [0.15, 0.2) is 30.6 Å². The van der Waals surface area contributed by atoms with E-state index in [1.165, 1.54) is 6.20 Å². The molecule has 0 saturated heterocycles. The topological polar surface area (TPSA) is 73.8 Å². The van der Waals surface area contributed by atoms with Crippen LogP contribution in [-0.4, -0.2) is 52.5 Å². The third-order valence-electron chi connectivity index (χ3n) is 4.28. The molecule has 0 bridgehead atoms. The molecule has 0 radical (unpaired) electrons. The second-order valence-electron chi connectivity index (χ2n) is 6.53. The highest BCUT2D eigenvalue weighted by Gasteiger charge is 2.36. The van der Waals surface area contributed by atoms with Crippen molar-refractivity contribution >= 4 is 30.1 Å². The quantitative estimate of drug-likeness (QED) is 0.406. The van der Waals surface area contributed by atoms with Gasteiger partial charge in [0, 0.05) is 29.9 Å². The average molecular weight is 432 g/mol. The van der Waals surface area contributed by atoms with Gasteiger partial charge in [0.1, 0.15) is 11.7 Å². The molecular weight excluding hydrogens is 414 g/mol. The zero-order valence-corrected chi connectivity index (χ0v) is 16.3. The third-order valence-corrected chi connectivity index (χ3v) is 5.62. The van der Waals surface area contributed by atoms with Crippen LogP contribution in [0.25, 0.3) is 22.2 Å². The minimum absolute atomic E-state index is 0.228. The van der Waals surface area contributed by atoms with Gasteiger partial charge in [-0.2, -0.15) is 13.2 Å². The number of nitrogens with one attached hydrogen (secondary N) is 2. The van der Waals surface area contributed by atoms with Gasteiger partial charge < -0.3 is 15.4 Å². The molecule has 156 valence electrons. The van der Waals surface area contributed by atoms with Crippen LogP contribution in [0.4, 0.5) is 27.9 Å². The Balaban J connectivity index is 2.10. The highest BCUT2D eigenvalue weighted by molar-refractivity contribution is 7.64. The van der Waals surface area contributed by atoms with Crippen molar-refractivity contribution in [2.75, 3.05) is 25.2 Å². The summed E-state index contributed by atoms with van der Waals surface area (Å²) in [5, 5.41) is 13.1. The van der Waals surface area contributed by atoms with E-state index in [1.807, 2.05) is 19.4 Å². The number of alkyl halides is 5. The summed E-state index contributed by atoms with van der Waals surface area (Å²) in [5.41, 5.74) is -0.459. The second-order valence-corrected chi connectivity index (χ2v) is 8.80. The monoisotopic (exact) mass is 432 g/mol. The minimum atomic E-state index is -4.71. The molecule has 0 amide bonds. The number of aliphatic hydroxyl groups is 1. The van der Waals surface area contributed by atoms with Gasteiger partial charge in [-0.1, -0.05) is 26.1 Å². The van der Waals surface area contributed by atoms with Crippen LogP contribution < -0.4 is 10.6 Å². The van der Waals surface area contributed by atoms with Crippen molar-refractivity contribution in [3.05, 3.63) is 36.2 Å². The molecule has 1 aromatic carbocycles. The van der Waals surface area contributed by atoms with Gasteiger partial charge >= 0.3 is 6.18 Å². The van der Waals surface area contributed by atoms with Crippen molar-refractivity contribution < 1.29 is 27.1 Å². The number of para-hydroxylation sites is 1. The molecule has 2 heterocycles. The first-order chi connectivity index (χ1) is 13.6. The number of halogens is 5. The van der Waals surface area contributed by atoms with Gasteiger partial charge in [-0.25, -0.2) is 18.7 Å². The van der Waals surface area contributed by atoms with E-state index >= 15 is 0 Å². The molecular formula is C18H18F5N4OP. The average Bonchev–Trinajstić information content (AvgIpc) is 3.08. The number of nitrogens with zero attached hydrogens (tertiary/aromatic N) is 2. The number of rotatable bonds is 6. The molecule has 0 aliphatic rings. The lowest BCUT2D eigenvalue weighted by Gasteiger charge is -2.15. The summed E-state index contributed by atoms with van der Waals surface area (Å²) in [5.74, 6) is -0.286. The maximum absolute atomic E-state index is 13.6. The summed E-state index contributed by atoms with van der Waals surface area (Å²) in [4.78, 5) is 10.5. The highest BCUT2D eigenvalue weighted by Crippen LogP contribution is 2.39. The van der Waals surface area contributed by atoms with E-state index in [0.717, 1.165) is 10.8 Å². The van der Waals surface area contributed by atoms with Crippen LogP contribution in [0.3, 0.4) is 0 Å². The molecule has 1 unspecified atom stereocenters. The van der Waals surface area contributed by atoms with Gasteiger partial charge in [0.2, 0.25) is 5.95 Å². The minimum Gasteiger partial charge on any atom is -0.385 e. The predicted octanol–water partition coefficient (Wildman–Crippen LogP) is 4.05. The first kappa shape index (κ1) is 21.4. The van der Waals surface area contributed by atoms with E-state index in [9.17, 15) is 27.1 Å². The van der Waals surface area contributed by atoms with Crippen LogP contribution >= 0.6 is 7.92 Å². The standard InChI is InChI=1S/C18H18F5N4OP/c1-29(2)13-5-3-4-9-10(6-24-15(9)13)14-11(18(21,22)23)7-25-17(27-14)26-8-12(28)16(19)20/h3-7,12,16,24,28H,8H2,1-2H3,(H,25,26,27). The van der Waals surface area contributed by atoms with Crippen LogP contribution in [-0.2, 0) is 6.18 Å². The number of hydrogen-bond donors (Lipinski definition) is 3. The fourth-order valence-corrected chi connectivity index (χ4v) is 3.89. The molecule has 29 heavy (non-hydrogen) atoms. The molecule has 0 aliphatic carbocycles. The Kier molecular flexibility index (Phi) is 6.05. The number of hydrogen-bond acceptors (Lipinski definition) is 4. The van der Waals surface area contributed by atoms with Crippen molar-refractivity contribution in [1.29, 1.82) is 0 Å². The third kappa shape index (κ3) is 4.48. The van der Waals surface area contributed by atoms with E-state index < -0.39 is 38.7 Å². The summed E-state index contributed by atoms with van der Waals surface area (Å²) in [7, 11) is -0.504. The summed E-state index contributed by atoms with van der Waals surface area (Å²) >= 11 is 0. The van der Waals surface area contributed by atoms with E-state index in [1.54, 1.807) is 12.1 Å². The van der Waals surface area contributed by atoms with E-state index in [-0.39, 0.29) is 17.2 Å². The number of H-pyrrole nitrogens is 1. The van der Waals surface area contributed by atoms with Gasteiger partial charge in [-0.15, -0.1) is 0 Å². The molecule has 11 heteroatoms. The van der Waals surface area contributed by atoms with Crippen molar-refractivity contribution in [2.24, 2.45) is 0 Å². The number of benzene rings is 1. The Hall–Kier alpha value is -2.32. The molecule has 0 saturated carbocycles. The number of anilines is 1. The molecule has 3 aromatic rings. The Morgan fingerprint density at radius 1 is 1.24 bits per heavy atom. The fourth-order valence-electron chi connectivity index (χ4n) is 2.87. The first-order valence-electron chi connectivity index (χ1n) is 8.51. The second kappa shape index (κ2) is 8.20. The van der Waals surface area contributed by atoms with Crippen LogP contribution in [0.5, 0.6) is 0 Å². The van der Waals surface area contributed by atoms with Gasteiger partial charge in [0.25, 0.3) is 6.43 Å². The Morgan fingerprint density at radius 2 is 1.97 bits per heavy atom. The molecule has 5 nitrogen and oxygen atoms in total. The van der Waals surface area contributed by atoms with Gasteiger partial charge in [-0.05, 0) is 18.6 Å². The zero-order valence-electron chi connectivity index (χ0n) is 15.4. The lowest BCUT2D eigenvalue weighted by molar-refractivity contribution is -0.137. The number of aromatic nitrogens is 3. The van der Waals surface area contributed by atoms with Crippen molar-refractivity contribution in [3.63, 3.8) is 0 Å². The van der Waals surface area contributed by atoms with Crippen LogP contribution in [0.1, 0.15) is 5.56 Å². The lowest BCUT2D eigenvalue weighted by Crippen LogP contribution is -2.27.